The Bertz CT molecular complexity index is 889. The maximum absolute atomic E-state index is 12.0. The summed E-state index contributed by atoms with van der Waals surface area (Å²) in [5, 5.41) is 17.4. The first-order valence-electron chi connectivity index (χ1n) is 8.39. The van der Waals surface area contributed by atoms with Gasteiger partial charge in [-0.05, 0) is 44.9 Å². The molecular weight excluding hydrogens is 386 g/mol. The number of amides is 1. The lowest BCUT2D eigenvalue weighted by Crippen LogP contribution is -2.22. The second-order valence-corrected chi connectivity index (χ2v) is 7.20. The van der Waals surface area contributed by atoms with Crippen molar-refractivity contribution in [1.82, 2.24) is 5.16 Å². The maximum atomic E-state index is 12.0. The number of esters is 1. The van der Waals surface area contributed by atoms with Gasteiger partial charge in [-0.15, -0.1) is 11.8 Å². The third kappa shape index (κ3) is 5.56. The molecule has 28 heavy (non-hydrogen) atoms. The van der Waals surface area contributed by atoms with Gasteiger partial charge in [0.25, 0.3) is 11.6 Å². The molecule has 1 heterocycles. The highest BCUT2D eigenvalue weighted by Gasteiger charge is 2.18. The number of carbonyl (C=O) groups is 2. The molecule has 0 atom stereocenters. The van der Waals surface area contributed by atoms with Crippen LogP contribution in [0.5, 0.6) is 0 Å². The van der Waals surface area contributed by atoms with Crippen LogP contribution in [0.25, 0.3) is 0 Å². The van der Waals surface area contributed by atoms with Crippen LogP contribution >= 0.6 is 11.8 Å². The van der Waals surface area contributed by atoms with Crippen molar-refractivity contribution < 1.29 is 23.8 Å². The van der Waals surface area contributed by atoms with Crippen LogP contribution in [0, 0.1) is 37.8 Å². The number of nitrogens with zero attached hydrogens (tertiary/aromatic N) is 2. The summed E-state index contributed by atoms with van der Waals surface area (Å²) in [7, 11) is 0. The highest BCUT2D eigenvalue weighted by atomic mass is 32.2. The first-order chi connectivity index (χ1) is 13.2. The quantitative estimate of drug-likeness (QED) is 0.402. The van der Waals surface area contributed by atoms with Crippen molar-refractivity contribution in [2.24, 2.45) is 0 Å². The lowest BCUT2D eigenvalue weighted by Gasteiger charge is -2.09. The molecule has 10 heteroatoms. The van der Waals surface area contributed by atoms with Gasteiger partial charge in [0, 0.05) is 17.4 Å². The number of aryl methyl sites for hydroxylation is 4. The molecule has 0 aliphatic rings. The van der Waals surface area contributed by atoms with Crippen LogP contribution < -0.4 is 5.32 Å². The molecule has 0 radical (unpaired) electrons. The summed E-state index contributed by atoms with van der Waals surface area (Å²) in [4.78, 5) is 34.4. The zero-order valence-electron chi connectivity index (χ0n) is 16.0. The van der Waals surface area contributed by atoms with Crippen molar-refractivity contribution >= 4 is 35.0 Å². The Kier molecular flexibility index (Phi) is 7.16. The zero-order valence-corrected chi connectivity index (χ0v) is 16.8. The topological polar surface area (TPSA) is 125 Å². The van der Waals surface area contributed by atoms with Gasteiger partial charge in [-0.2, -0.15) is 0 Å². The van der Waals surface area contributed by atoms with E-state index in [2.05, 4.69) is 10.5 Å². The van der Waals surface area contributed by atoms with Gasteiger partial charge < -0.3 is 14.6 Å². The first-order valence-corrected chi connectivity index (χ1v) is 9.55. The van der Waals surface area contributed by atoms with E-state index in [0.29, 0.717) is 11.5 Å². The number of thioether (sulfide) groups is 1. The Morgan fingerprint density at radius 2 is 1.93 bits per heavy atom. The highest BCUT2D eigenvalue weighted by Crippen LogP contribution is 2.27. The largest absolute Gasteiger partial charge is 0.455 e. The average molecular weight is 407 g/mol. The van der Waals surface area contributed by atoms with Crippen molar-refractivity contribution in [2.75, 3.05) is 17.7 Å². The van der Waals surface area contributed by atoms with Crippen molar-refractivity contribution in [1.29, 1.82) is 0 Å². The molecular formula is C18H21N3O6S. The SMILES string of the molecule is Cc1cc(NC(=O)COC(=O)CSCc2c(C)noc2C)c([N+](=O)[O-])cc1C. The summed E-state index contributed by atoms with van der Waals surface area (Å²) >= 11 is 1.32. The molecule has 0 saturated heterocycles. The summed E-state index contributed by atoms with van der Waals surface area (Å²) < 4.78 is 9.98. The molecule has 0 saturated carbocycles. The average Bonchev–Trinajstić information content (AvgIpc) is 2.94. The fourth-order valence-corrected chi connectivity index (χ4v) is 3.34. The summed E-state index contributed by atoms with van der Waals surface area (Å²) in [6, 6.07) is 2.91. The maximum Gasteiger partial charge on any atom is 0.316 e. The predicted octanol–water partition coefficient (Wildman–Crippen LogP) is 3.23. The minimum Gasteiger partial charge on any atom is -0.455 e. The van der Waals surface area contributed by atoms with Crippen molar-refractivity contribution in [2.45, 2.75) is 33.4 Å². The van der Waals surface area contributed by atoms with Crippen LogP contribution in [0.4, 0.5) is 11.4 Å². The number of nitrogens with one attached hydrogen (secondary N) is 1. The number of rotatable bonds is 8. The van der Waals surface area contributed by atoms with E-state index in [1.54, 1.807) is 20.8 Å². The Morgan fingerprint density at radius 1 is 1.25 bits per heavy atom. The van der Waals surface area contributed by atoms with Crippen LogP contribution in [0.15, 0.2) is 16.7 Å². The van der Waals surface area contributed by atoms with Crippen molar-refractivity contribution in [3.05, 3.63) is 50.4 Å². The molecule has 0 fully saturated rings. The molecule has 2 aromatic rings. The van der Waals surface area contributed by atoms with Crippen LogP contribution in [0.3, 0.4) is 0 Å². The summed E-state index contributed by atoms with van der Waals surface area (Å²) in [5.41, 5.74) is 3.10. The minimum absolute atomic E-state index is 0.0567. The predicted molar refractivity (Wildman–Crippen MR) is 104 cm³/mol. The van der Waals surface area contributed by atoms with E-state index in [1.807, 2.05) is 6.92 Å². The van der Waals surface area contributed by atoms with Gasteiger partial charge in [-0.25, -0.2) is 0 Å². The smallest absolute Gasteiger partial charge is 0.316 e. The van der Waals surface area contributed by atoms with Crippen LogP contribution in [0.1, 0.15) is 28.1 Å². The van der Waals surface area contributed by atoms with Gasteiger partial charge in [0.1, 0.15) is 11.4 Å². The number of aromatic nitrogens is 1. The lowest BCUT2D eigenvalue weighted by molar-refractivity contribution is -0.384. The first kappa shape index (κ1) is 21.4. The number of hydrogen-bond donors (Lipinski definition) is 1. The van der Waals surface area contributed by atoms with Crippen LogP contribution in [0.2, 0.25) is 0 Å². The number of benzene rings is 1. The minimum atomic E-state index is -0.643. The van der Waals surface area contributed by atoms with E-state index in [4.69, 9.17) is 9.26 Å². The number of nitro benzene ring substituents is 1. The van der Waals surface area contributed by atoms with Gasteiger partial charge in [-0.1, -0.05) is 5.16 Å². The number of anilines is 1. The Labute approximate surface area is 166 Å². The molecule has 1 aromatic heterocycles. The molecule has 150 valence electrons. The van der Waals surface area contributed by atoms with Gasteiger partial charge in [-0.3, -0.25) is 19.7 Å². The summed E-state index contributed by atoms with van der Waals surface area (Å²) in [6.07, 6.45) is 0. The normalized spacial score (nSPS) is 10.6. The van der Waals surface area contributed by atoms with E-state index >= 15 is 0 Å². The van der Waals surface area contributed by atoms with Gasteiger partial charge >= 0.3 is 5.97 Å². The molecule has 0 aliphatic carbocycles. The van der Waals surface area contributed by atoms with E-state index < -0.39 is 23.4 Å². The Balaban J connectivity index is 1.83. The number of carbonyl (C=O) groups excluding carboxylic acids is 2. The van der Waals surface area contributed by atoms with Crippen LogP contribution in [-0.2, 0) is 20.1 Å². The third-order valence-electron chi connectivity index (χ3n) is 4.09. The van der Waals surface area contributed by atoms with E-state index in [0.717, 1.165) is 22.4 Å². The third-order valence-corrected chi connectivity index (χ3v) is 5.03. The molecule has 0 bridgehead atoms. The molecule has 0 aliphatic heterocycles. The monoisotopic (exact) mass is 407 g/mol. The fourth-order valence-electron chi connectivity index (χ4n) is 2.37. The van der Waals surface area contributed by atoms with E-state index in [1.165, 1.54) is 23.9 Å². The van der Waals surface area contributed by atoms with Gasteiger partial charge in [0.05, 0.1) is 16.4 Å². The molecule has 9 nitrogen and oxygen atoms in total. The Hall–Kier alpha value is -2.88. The summed E-state index contributed by atoms with van der Waals surface area (Å²) in [5.74, 6) is 0.1000. The standard InChI is InChI=1S/C18H21N3O6S/c1-10-5-15(16(21(24)25)6-11(10)2)19-17(22)7-26-18(23)9-28-8-14-12(3)20-27-13(14)4/h5-6H,7-9H2,1-4H3,(H,19,22). The second-order valence-electron chi connectivity index (χ2n) is 6.22. The molecule has 1 aromatic carbocycles. The van der Waals surface area contributed by atoms with E-state index in [9.17, 15) is 19.7 Å². The molecule has 0 unspecified atom stereocenters. The molecule has 1 N–H and O–H groups in total. The highest BCUT2D eigenvalue weighted by molar-refractivity contribution is 7.99. The number of hydrogen-bond acceptors (Lipinski definition) is 8. The van der Waals surface area contributed by atoms with Gasteiger partial charge in [0.15, 0.2) is 6.61 Å². The number of nitro groups is 1. The molecule has 0 spiro atoms. The molecule has 2 rings (SSSR count). The second kappa shape index (κ2) is 9.36. The van der Waals surface area contributed by atoms with E-state index in [-0.39, 0.29) is 17.1 Å². The van der Waals surface area contributed by atoms with Crippen molar-refractivity contribution in [3.8, 4) is 0 Å². The number of ether oxygens (including phenoxy) is 1. The lowest BCUT2D eigenvalue weighted by atomic mass is 10.1. The zero-order chi connectivity index (χ0) is 20.8. The fraction of sp³-hybridized carbons (Fsp3) is 0.389. The van der Waals surface area contributed by atoms with Gasteiger partial charge in [0.2, 0.25) is 0 Å². The Morgan fingerprint density at radius 3 is 2.54 bits per heavy atom. The summed E-state index contributed by atoms with van der Waals surface area (Å²) in [6.45, 7) is 6.63. The molecule has 1 amide bonds. The van der Waals surface area contributed by atoms with Crippen molar-refractivity contribution in [3.63, 3.8) is 0 Å². The van der Waals surface area contributed by atoms with Crippen LogP contribution in [-0.4, -0.2) is 34.3 Å².